The molecule has 1 saturated heterocycles. The third-order valence-corrected chi connectivity index (χ3v) is 5.18. The van der Waals surface area contributed by atoms with Crippen LogP contribution in [-0.4, -0.2) is 31.1 Å². The summed E-state index contributed by atoms with van der Waals surface area (Å²) in [6.45, 7) is 4.44. The van der Waals surface area contributed by atoms with E-state index in [-0.39, 0.29) is 5.82 Å². The van der Waals surface area contributed by atoms with Gasteiger partial charge in [-0.05, 0) is 87.1 Å². The molecular formula is C21H26ClFN2. The van der Waals surface area contributed by atoms with Gasteiger partial charge in [-0.2, -0.15) is 0 Å². The number of halogens is 2. The first kappa shape index (κ1) is 18.2. The number of hydrogen-bond acceptors (Lipinski definition) is 2. The largest absolute Gasteiger partial charge is 0.385 e. The molecule has 134 valence electrons. The van der Waals surface area contributed by atoms with Crippen LogP contribution in [0.3, 0.4) is 0 Å². The van der Waals surface area contributed by atoms with Crippen molar-refractivity contribution in [3.8, 4) is 0 Å². The van der Waals surface area contributed by atoms with Crippen LogP contribution in [-0.2, 0) is 6.42 Å². The first-order valence-electron chi connectivity index (χ1n) is 9.15. The van der Waals surface area contributed by atoms with E-state index in [0.29, 0.717) is 0 Å². The predicted octanol–water partition coefficient (Wildman–Crippen LogP) is 5.24. The molecule has 0 amide bonds. The molecule has 1 aliphatic rings. The summed E-state index contributed by atoms with van der Waals surface area (Å²) in [6, 6.07) is 14.8. The van der Waals surface area contributed by atoms with Crippen molar-refractivity contribution in [3.63, 3.8) is 0 Å². The maximum Gasteiger partial charge on any atom is 0.123 e. The van der Waals surface area contributed by atoms with Crippen LogP contribution in [0.1, 0.15) is 24.8 Å². The first-order chi connectivity index (χ1) is 12.2. The van der Waals surface area contributed by atoms with Gasteiger partial charge in [-0.3, -0.25) is 0 Å². The minimum atomic E-state index is -0.148. The zero-order chi connectivity index (χ0) is 17.5. The minimum Gasteiger partial charge on any atom is -0.385 e. The van der Waals surface area contributed by atoms with Gasteiger partial charge < -0.3 is 10.2 Å². The summed E-state index contributed by atoms with van der Waals surface area (Å²) < 4.78 is 13.0. The number of hydrogen-bond donors (Lipinski definition) is 1. The standard InChI is InChI=1S/C21H26ClFN2/c22-19-3-1-4-21(16-19)24-11-2-12-25-13-9-18(10-14-25)15-17-5-7-20(23)8-6-17/h1,3-8,16,18,24H,2,9-15H2. The number of benzene rings is 2. The van der Waals surface area contributed by atoms with Gasteiger partial charge in [0.15, 0.2) is 0 Å². The molecule has 0 radical (unpaired) electrons. The van der Waals surface area contributed by atoms with E-state index < -0.39 is 0 Å². The molecule has 0 bridgehead atoms. The van der Waals surface area contributed by atoms with Gasteiger partial charge >= 0.3 is 0 Å². The quantitative estimate of drug-likeness (QED) is 0.679. The third kappa shape index (κ3) is 6.02. The molecule has 1 heterocycles. The maximum absolute atomic E-state index is 13.0. The van der Waals surface area contributed by atoms with Gasteiger partial charge in [0.25, 0.3) is 0 Å². The number of anilines is 1. The van der Waals surface area contributed by atoms with E-state index >= 15 is 0 Å². The molecule has 3 rings (SSSR count). The van der Waals surface area contributed by atoms with E-state index in [1.165, 1.54) is 31.5 Å². The molecule has 0 spiro atoms. The second kappa shape index (κ2) is 9.21. The lowest BCUT2D eigenvalue weighted by Crippen LogP contribution is -2.35. The van der Waals surface area contributed by atoms with Crippen molar-refractivity contribution >= 4 is 17.3 Å². The Morgan fingerprint density at radius 3 is 2.56 bits per heavy atom. The molecule has 1 N–H and O–H groups in total. The van der Waals surface area contributed by atoms with Crippen molar-refractivity contribution in [1.82, 2.24) is 4.90 Å². The molecule has 0 aliphatic carbocycles. The first-order valence-corrected chi connectivity index (χ1v) is 9.53. The number of rotatable bonds is 7. The van der Waals surface area contributed by atoms with Gasteiger partial charge in [-0.25, -0.2) is 4.39 Å². The van der Waals surface area contributed by atoms with Gasteiger partial charge in [-0.15, -0.1) is 0 Å². The van der Waals surface area contributed by atoms with Crippen LogP contribution in [0.5, 0.6) is 0 Å². The van der Waals surface area contributed by atoms with E-state index in [2.05, 4.69) is 10.2 Å². The maximum atomic E-state index is 13.0. The van der Waals surface area contributed by atoms with Crippen molar-refractivity contribution < 1.29 is 4.39 Å². The average molecular weight is 361 g/mol. The summed E-state index contributed by atoms with van der Waals surface area (Å²) in [5, 5.41) is 4.20. The summed E-state index contributed by atoms with van der Waals surface area (Å²) >= 11 is 5.99. The zero-order valence-corrected chi connectivity index (χ0v) is 15.3. The smallest absolute Gasteiger partial charge is 0.123 e. The van der Waals surface area contributed by atoms with E-state index in [4.69, 9.17) is 11.6 Å². The Balaban J connectivity index is 1.32. The molecule has 1 fully saturated rings. The Hall–Kier alpha value is -1.58. The number of likely N-dealkylation sites (tertiary alicyclic amines) is 1. The van der Waals surface area contributed by atoms with E-state index in [1.807, 2.05) is 36.4 Å². The summed E-state index contributed by atoms with van der Waals surface area (Å²) in [5.41, 5.74) is 2.34. The molecule has 2 aromatic carbocycles. The fourth-order valence-corrected chi connectivity index (χ4v) is 3.69. The average Bonchev–Trinajstić information content (AvgIpc) is 2.62. The highest BCUT2D eigenvalue weighted by Crippen LogP contribution is 2.22. The highest BCUT2D eigenvalue weighted by molar-refractivity contribution is 6.30. The Kier molecular flexibility index (Phi) is 6.71. The van der Waals surface area contributed by atoms with Crippen molar-refractivity contribution in [2.24, 2.45) is 5.92 Å². The molecule has 1 aliphatic heterocycles. The van der Waals surface area contributed by atoms with Gasteiger partial charge in [0.05, 0.1) is 0 Å². The Morgan fingerprint density at radius 2 is 1.84 bits per heavy atom. The Labute approximate surface area is 155 Å². The number of nitrogens with one attached hydrogen (secondary N) is 1. The van der Waals surface area contributed by atoms with E-state index in [9.17, 15) is 4.39 Å². The van der Waals surface area contributed by atoms with Gasteiger partial charge in [0, 0.05) is 17.3 Å². The fraction of sp³-hybridized carbons (Fsp3) is 0.429. The molecule has 0 unspecified atom stereocenters. The van der Waals surface area contributed by atoms with Crippen LogP contribution >= 0.6 is 11.6 Å². The van der Waals surface area contributed by atoms with Crippen molar-refractivity contribution in [3.05, 3.63) is 64.9 Å². The van der Waals surface area contributed by atoms with Crippen LogP contribution in [0.25, 0.3) is 0 Å². The molecule has 4 heteroatoms. The molecule has 2 nitrogen and oxygen atoms in total. The normalized spacial score (nSPS) is 16.1. The summed E-state index contributed by atoms with van der Waals surface area (Å²) in [4.78, 5) is 2.56. The molecule has 2 aromatic rings. The van der Waals surface area contributed by atoms with Crippen LogP contribution in [0.15, 0.2) is 48.5 Å². The predicted molar refractivity (Wildman–Crippen MR) is 104 cm³/mol. The summed E-state index contributed by atoms with van der Waals surface area (Å²) in [7, 11) is 0. The molecule has 0 saturated carbocycles. The zero-order valence-electron chi connectivity index (χ0n) is 14.6. The fourth-order valence-electron chi connectivity index (χ4n) is 3.50. The van der Waals surface area contributed by atoms with Crippen molar-refractivity contribution in [1.29, 1.82) is 0 Å². The summed E-state index contributed by atoms with van der Waals surface area (Å²) in [5.74, 6) is 0.580. The second-order valence-corrected chi connectivity index (χ2v) is 7.34. The molecule has 25 heavy (non-hydrogen) atoms. The lowest BCUT2D eigenvalue weighted by Gasteiger charge is -2.32. The Bertz CT molecular complexity index is 651. The van der Waals surface area contributed by atoms with Crippen molar-refractivity contribution in [2.75, 3.05) is 31.5 Å². The van der Waals surface area contributed by atoms with E-state index in [0.717, 1.165) is 42.6 Å². The Morgan fingerprint density at radius 1 is 1.08 bits per heavy atom. The summed E-state index contributed by atoms with van der Waals surface area (Å²) in [6.07, 6.45) is 4.68. The third-order valence-electron chi connectivity index (χ3n) is 4.95. The van der Waals surface area contributed by atoms with Gasteiger partial charge in [0.2, 0.25) is 0 Å². The highest BCUT2D eigenvalue weighted by atomic mass is 35.5. The lowest BCUT2D eigenvalue weighted by atomic mass is 9.90. The van der Waals surface area contributed by atoms with Crippen LogP contribution in [0.4, 0.5) is 10.1 Å². The minimum absolute atomic E-state index is 0.148. The second-order valence-electron chi connectivity index (χ2n) is 6.91. The van der Waals surface area contributed by atoms with Crippen LogP contribution < -0.4 is 5.32 Å². The van der Waals surface area contributed by atoms with Gasteiger partial charge in [0.1, 0.15) is 5.82 Å². The van der Waals surface area contributed by atoms with Crippen LogP contribution in [0, 0.1) is 11.7 Å². The SMILES string of the molecule is Fc1ccc(CC2CCN(CCCNc3cccc(Cl)c3)CC2)cc1. The molecule has 0 aromatic heterocycles. The van der Waals surface area contributed by atoms with Gasteiger partial charge in [-0.1, -0.05) is 29.8 Å². The van der Waals surface area contributed by atoms with Crippen LogP contribution in [0.2, 0.25) is 5.02 Å². The van der Waals surface area contributed by atoms with E-state index in [1.54, 1.807) is 12.1 Å². The number of nitrogens with zero attached hydrogens (tertiary/aromatic N) is 1. The van der Waals surface area contributed by atoms with Crippen molar-refractivity contribution in [2.45, 2.75) is 25.7 Å². The molecule has 0 atom stereocenters. The monoisotopic (exact) mass is 360 g/mol. The highest BCUT2D eigenvalue weighted by Gasteiger charge is 2.19. The topological polar surface area (TPSA) is 15.3 Å². The molecular weight excluding hydrogens is 335 g/mol. The number of piperidine rings is 1. The lowest BCUT2D eigenvalue weighted by molar-refractivity contribution is 0.183.